The summed E-state index contributed by atoms with van der Waals surface area (Å²) in [5.74, 6) is -1.02. The molecular weight excluding hydrogens is 194 g/mol. The van der Waals surface area contributed by atoms with Gasteiger partial charge in [-0.25, -0.2) is 4.79 Å². The first-order chi connectivity index (χ1) is 6.06. The van der Waals surface area contributed by atoms with Crippen molar-refractivity contribution in [3.63, 3.8) is 0 Å². The van der Waals surface area contributed by atoms with E-state index in [1.165, 1.54) is 4.90 Å². The summed E-state index contributed by atoms with van der Waals surface area (Å²) < 4.78 is 0. The summed E-state index contributed by atoms with van der Waals surface area (Å²) in [5.41, 5.74) is -0.902. The van der Waals surface area contributed by atoms with E-state index in [0.717, 1.165) is 0 Å². The summed E-state index contributed by atoms with van der Waals surface area (Å²) in [6.07, 6.45) is 1.41. The van der Waals surface area contributed by atoms with Crippen LogP contribution in [0.5, 0.6) is 0 Å². The molecule has 1 saturated heterocycles. The third kappa shape index (κ3) is 1.20. The largest absolute Gasteiger partial charge is 0.479 e. The third-order valence-corrected chi connectivity index (χ3v) is 3.01. The standard InChI is InChI=1S/C8H10ClNO3/c9-5-3-6(11)10(4-5)8(1-2-8)7(12)13/h5H,1-4H2,(H,12,13). The Morgan fingerprint density at radius 1 is 1.62 bits per heavy atom. The van der Waals surface area contributed by atoms with Gasteiger partial charge in [-0.3, -0.25) is 4.79 Å². The fourth-order valence-electron chi connectivity index (χ4n) is 1.80. The van der Waals surface area contributed by atoms with Crippen molar-refractivity contribution < 1.29 is 14.7 Å². The molecule has 4 nitrogen and oxygen atoms in total. The highest BCUT2D eigenvalue weighted by Gasteiger charge is 2.58. The average molecular weight is 204 g/mol. The quantitative estimate of drug-likeness (QED) is 0.663. The molecular formula is C8H10ClNO3. The summed E-state index contributed by atoms with van der Waals surface area (Å²) >= 11 is 5.78. The molecule has 0 aromatic carbocycles. The number of nitrogens with zero attached hydrogens (tertiary/aromatic N) is 1. The van der Waals surface area contributed by atoms with Crippen molar-refractivity contribution in [1.29, 1.82) is 0 Å². The van der Waals surface area contributed by atoms with Gasteiger partial charge in [-0.1, -0.05) is 0 Å². The number of alkyl halides is 1. The van der Waals surface area contributed by atoms with Crippen molar-refractivity contribution in [2.24, 2.45) is 0 Å². The van der Waals surface area contributed by atoms with Crippen LogP contribution in [0.25, 0.3) is 0 Å². The predicted molar refractivity (Wildman–Crippen MR) is 45.6 cm³/mol. The number of amides is 1. The van der Waals surface area contributed by atoms with Gasteiger partial charge in [-0.05, 0) is 12.8 Å². The number of carboxylic acid groups (broad SMARTS) is 1. The summed E-state index contributed by atoms with van der Waals surface area (Å²) in [4.78, 5) is 23.7. The van der Waals surface area contributed by atoms with Crippen molar-refractivity contribution in [1.82, 2.24) is 4.90 Å². The first-order valence-corrected chi connectivity index (χ1v) is 4.68. The van der Waals surface area contributed by atoms with Crippen LogP contribution in [0.15, 0.2) is 0 Å². The summed E-state index contributed by atoms with van der Waals surface area (Å²) in [6, 6.07) is 0. The molecule has 1 aliphatic heterocycles. The van der Waals surface area contributed by atoms with Gasteiger partial charge in [0.1, 0.15) is 5.54 Å². The fraction of sp³-hybridized carbons (Fsp3) is 0.750. The third-order valence-electron chi connectivity index (χ3n) is 2.72. The molecule has 13 heavy (non-hydrogen) atoms. The molecule has 0 bridgehead atoms. The number of hydrogen-bond acceptors (Lipinski definition) is 2. The van der Waals surface area contributed by atoms with Crippen LogP contribution in [0.2, 0.25) is 0 Å². The monoisotopic (exact) mass is 203 g/mol. The van der Waals surface area contributed by atoms with Crippen molar-refractivity contribution in [3.05, 3.63) is 0 Å². The molecule has 2 rings (SSSR count). The van der Waals surface area contributed by atoms with Gasteiger partial charge in [0.15, 0.2) is 0 Å². The second-order valence-corrected chi connectivity index (χ2v) is 4.26. The number of carbonyl (C=O) groups is 2. The van der Waals surface area contributed by atoms with E-state index in [9.17, 15) is 9.59 Å². The maximum atomic E-state index is 11.4. The Kier molecular flexibility index (Phi) is 1.77. The van der Waals surface area contributed by atoms with E-state index in [1.807, 2.05) is 0 Å². The molecule has 2 aliphatic rings. The van der Waals surface area contributed by atoms with Crippen molar-refractivity contribution >= 4 is 23.5 Å². The second-order valence-electron chi connectivity index (χ2n) is 3.64. The Morgan fingerprint density at radius 3 is 2.54 bits per heavy atom. The van der Waals surface area contributed by atoms with Crippen molar-refractivity contribution in [2.45, 2.75) is 30.2 Å². The Balaban J connectivity index is 2.18. The van der Waals surface area contributed by atoms with Crippen LogP contribution < -0.4 is 0 Å². The van der Waals surface area contributed by atoms with Gasteiger partial charge >= 0.3 is 5.97 Å². The van der Waals surface area contributed by atoms with Gasteiger partial charge in [0.25, 0.3) is 0 Å². The topological polar surface area (TPSA) is 57.6 Å². The van der Waals surface area contributed by atoms with Crippen LogP contribution in [0.3, 0.4) is 0 Å². The van der Waals surface area contributed by atoms with E-state index in [4.69, 9.17) is 16.7 Å². The smallest absolute Gasteiger partial charge is 0.329 e. The summed E-state index contributed by atoms with van der Waals surface area (Å²) in [6.45, 7) is 0.382. The number of aliphatic carboxylic acids is 1. The van der Waals surface area contributed by atoms with E-state index >= 15 is 0 Å². The normalized spacial score (nSPS) is 30.7. The van der Waals surface area contributed by atoms with Crippen LogP contribution >= 0.6 is 11.6 Å². The number of carbonyl (C=O) groups excluding carboxylic acids is 1. The van der Waals surface area contributed by atoms with E-state index < -0.39 is 11.5 Å². The molecule has 5 heteroatoms. The minimum Gasteiger partial charge on any atom is -0.479 e. The Hall–Kier alpha value is -0.770. The highest BCUT2D eigenvalue weighted by Crippen LogP contribution is 2.44. The minimum atomic E-state index is -0.902. The maximum absolute atomic E-state index is 11.4. The average Bonchev–Trinajstić information content (AvgIpc) is 2.75. The first kappa shape index (κ1) is 8.81. The second kappa shape index (κ2) is 2.61. The van der Waals surface area contributed by atoms with Crippen LogP contribution in [0.4, 0.5) is 0 Å². The van der Waals surface area contributed by atoms with Crippen molar-refractivity contribution in [3.8, 4) is 0 Å². The Morgan fingerprint density at radius 2 is 2.23 bits per heavy atom. The molecule has 72 valence electrons. The molecule has 1 amide bonds. The van der Waals surface area contributed by atoms with E-state index in [0.29, 0.717) is 19.4 Å². The molecule has 1 unspecified atom stereocenters. The lowest BCUT2D eigenvalue weighted by molar-refractivity contribution is -0.150. The van der Waals surface area contributed by atoms with Crippen LogP contribution in [-0.4, -0.2) is 39.3 Å². The zero-order chi connectivity index (χ0) is 9.64. The molecule has 2 fully saturated rings. The predicted octanol–water partition coefficient (Wildman–Crippen LogP) is 0.443. The molecule has 1 heterocycles. The summed E-state index contributed by atoms with van der Waals surface area (Å²) in [7, 11) is 0. The number of carboxylic acids is 1. The highest BCUT2D eigenvalue weighted by atomic mass is 35.5. The molecule has 1 aliphatic carbocycles. The van der Waals surface area contributed by atoms with Crippen LogP contribution in [0, 0.1) is 0 Å². The number of halogens is 1. The van der Waals surface area contributed by atoms with E-state index in [2.05, 4.69) is 0 Å². The zero-order valence-corrected chi connectivity index (χ0v) is 7.75. The van der Waals surface area contributed by atoms with E-state index in [1.54, 1.807) is 0 Å². The highest BCUT2D eigenvalue weighted by molar-refractivity contribution is 6.23. The summed E-state index contributed by atoms with van der Waals surface area (Å²) in [5, 5.41) is 8.71. The van der Waals surface area contributed by atoms with Gasteiger partial charge in [-0.15, -0.1) is 11.6 Å². The molecule has 0 spiro atoms. The Bertz CT molecular complexity index is 275. The Labute approximate surface area is 80.5 Å². The lowest BCUT2D eigenvalue weighted by atomic mass is 10.2. The molecule has 1 saturated carbocycles. The van der Waals surface area contributed by atoms with Gasteiger partial charge < -0.3 is 10.0 Å². The minimum absolute atomic E-state index is 0.125. The first-order valence-electron chi connectivity index (χ1n) is 4.24. The molecule has 0 aromatic heterocycles. The number of hydrogen-bond donors (Lipinski definition) is 1. The van der Waals surface area contributed by atoms with Crippen LogP contribution in [0.1, 0.15) is 19.3 Å². The number of likely N-dealkylation sites (tertiary alicyclic amines) is 1. The maximum Gasteiger partial charge on any atom is 0.329 e. The fourth-order valence-corrected chi connectivity index (χ4v) is 2.07. The lowest BCUT2D eigenvalue weighted by Crippen LogP contribution is -2.44. The SMILES string of the molecule is O=C1CC(Cl)CN1C1(C(=O)O)CC1. The number of rotatable bonds is 2. The van der Waals surface area contributed by atoms with E-state index in [-0.39, 0.29) is 17.7 Å². The molecule has 1 N–H and O–H groups in total. The van der Waals surface area contributed by atoms with Gasteiger partial charge in [0.05, 0.1) is 5.38 Å². The molecule has 0 aromatic rings. The van der Waals surface area contributed by atoms with Gasteiger partial charge in [0, 0.05) is 13.0 Å². The van der Waals surface area contributed by atoms with Crippen LogP contribution in [-0.2, 0) is 9.59 Å². The molecule has 1 atom stereocenters. The van der Waals surface area contributed by atoms with Gasteiger partial charge in [-0.2, -0.15) is 0 Å². The van der Waals surface area contributed by atoms with Crippen molar-refractivity contribution in [2.75, 3.05) is 6.54 Å². The molecule has 0 radical (unpaired) electrons. The zero-order valence-electron chi connectivity index (χ0n) is 6.99. The van der Waals surface area contributed by atoms with Gasteiger partial charge in [0.2, 0.25) is 5.91 Å². The lowest BCUT2D eigenvalue weighted by Gasteiger charge is -2.23.